The molecule has 1 heterocycles. The lowest BCUT2D eigenvalue weighted by atomic mass is 10.2. The number of nitrogens with zero attached hydrogens (tertiary/aromatic N) is 1. The fourth-order valence-electron chi connectivity index (χ4n) is 2.83. The van der Waals surface area contributed by atoms with Crippen molar-refractivity contribution >= 4 is 22.1 Å². The number of carboxylic acid groups (broad SMARTS) is 1. The first-order valence-electron chi connectivity index (χ1n) is 8.07. The molecule has 0 spiro atoms. The van der Waals surface area contributed by atoms with Gasteiger partial charge in [-0.3, -0.25) is 0 Å². The van der Waals surface area contributed by atoms with Gasteiger partial charge in [-0.1, -0.05) is 12.8 Å². The third kappa shape index (κ3) is 4.52. The highest BCUT2D eigenvalue weighted by atomic mass is 32.2. The highest BCUT2D eigenvalue weighted by Crippen LogP contribution is 2.38. The molecule has 1 saturated heterocycles. The van der Waals surface area contributed by atoms with Crippen LogP contribution in [0.2, 0.25) is 0 Å². The Labute approximate surface area is 147 Å². The normalized spacial score (nSPS) is 16.6. The van der Waals surface area contributed by atoms with Crippen molar-refractivity contribution in [1.82, 2.24) is 4.31 Å². The van der Waals surface area contributed by atoms with Crippen molar-refractivity contribution in [3.63, 3.8) is 0 Å². The third-order valence-electron chi connectivity index (χ3n) is 4.07. The van der Waals surface area contributed by atoms with Crippen molar-refractivity contribution in [1.29, 1.82) is 0 Å². The summed E-state index contributed by atoms with van der Waals surface area (Å²) >= 11 is 0. The van der Waals surface area contributed by atoms with E-state index >= 15 is 0 Å². The molecule has 7 nitrogen and oxygen atoms in total. The highest BCUT2D eigenvalue weighted by molar-refractivity contribution is 7.89. The summed E-state index contributed by atoms with van der Waals surface area (Å²) in [7, 11) is -0.986. The van der Waals surface area contributed by atoms with E-state index in [1.807, 2.05) is 0 Å². The maximum absolute atomic E-state index is 13.1. The lowest BCUT2D eigenvalue weighted by molar-refractivity contribution is -0.131. The van der Waals surface area contributed by atoms with E-state index in [0.717, 1.165) is 31.8 Å². The molecule has 8 heteroatoms. The Morgan fingerprint density at radius 1 is 1.12 bits per heavy atom. The SMILES string of the molecule is COc1cc(/C=C/C(=O)O)cc(S(=O)(=O)N2CCCCCC2)c1OC. The first-order chi connectivity index (χ1) is 11.9. The Hall–Kier alpha value is -2.06. The minimum atomic E-state index is -3.77. The van der Waals surface area contributed by atoms with Crippen LogP contribution in [0, 0.1) is 0 Å². The summed E-state index contributed by atoms with van der Waals surface area (Å²) in [5.41, 5.74) is 0.411. The lowest BCUT2D eigenvalue weighted by Crippen LogP contribution is -2.32. The molecule has 0 aromatic heterocycles. The molecular formula is C17H23NO6S. The second-order valence-electron chi connectivity index (χ2n) is 5.74. The topological polar surface area (TPSA) is 93.1 Å². The molecule has 0 amide bonds. The quantitative estimate of drug-likeness (QED) is 0.774. The van der Waals surface area contributed by atoms with Gasteiger partial charge < -0.3 is 14.6 Å². The number of benzene rings is 1. The van der Waals surface area contributed by atoms with Gasteiger partial charge >= 0.3 is 5.97 Å². The summed E-state index contributed by atoms with van der Waals surface area (Å²) in [6.45, 7) is 0.923. The van der Waals surface area contributed by atoms with Gasteiger partial charge in [-0.05, 0) is 36.6 Å². The van der Waals surface area contributed by atoms with Gasteiger partial charge in [-0.15, -0.1) is 0 Å². The average Bonchev–Trinajstić information content (AvgIpc) is 2.88. The molecule has 25 heavy (non-hydrogen) atoms. The molecule has 0 saturated carbocycles. The largest absolute Gasteiger partial charge is 0.493 e. The van der Waals surface area contributed by atoms with Gasteiger partial charge in [-0.2, -0.15) is 4.31 Å². The predicted molar refractivity (Wildman–Crippen MR) is 93.4 cm³/mol. The number of rotatable bonds is 6. The zero-order chi connectivity index (χ0) is 18.4. The predicted octanol–water partition coefficient (Wildman–Crippen LogP) is 2.37. The number of methoxy groups -OCH3 is 2. The molecule has 1 aliphatic heterocycles. The first kappa shape index (κ1) is 19.3. The molecule has 0 atom stereocenters. The average molecular weight is 369 g/mol. The minimum Gasteiger partial charge on any atom is -0.493 e. The summed E-state index contributed by atoms with van der Waals surface area (Å²) in [4.78, 5) is 10.7. The van der Waals surface area contributed by atoms with Crippen molar-refractivity contribution < 1.29 is 27.8 Å². The summed E-state index contributed by atoms with van der Waals surface area (Å²) in [5, 5.41) is 8.80. The molecule has 0 radical (unpaired) electrons. The zero-order valence-corrected chi connectivity index (χ0v) is 15.2. The van der Waals surface area contributed by atoms with Crippen molar-refractivity contribution in [2.24, 2.45) is 0 Å². The van der Waals surface area contributed by atoms with Crippen LogP contribution in [0.25, 0.3) is 6.08 Å². The standard InChI is InChI=1S/C17H23NO6S/c1-23-14-11-13(7-8-16(19)20)12-15(17(14)24-2)25(21,22)18-9-5-3-4-6-10-18/h7-8,11-12H,3-6,9-10H2,1-2H3,(H,19,20)/b8-7+. The molecule has 2 rings (SSSR count). The van der Waals surface area contributed by atoms with Gasteiger partial charge in [0.05, 0.1) is 14.2 Å². The Bertz CT molecular complexity index is 749. The smallest absolute Gasteiger partial charge is 0.328 e. The van der Waals surface area contributed by atoms with Crippen LogP contribution in [0.3, 0.4) is 0 Å². The number of sulfonamides is 1. The minimum absolute atomic E-state index is 0.0127. The second kappa shape index (κ2) is 8.35. The molecule has 1 aromatic carbocycles. The van der Waals surface area contributed by atoms with Gasteiger partial charge in [0.2, 0.25) is 10.0 Å². The van der Waals surface area contributed by atoms with Crippen LogP contribution in [0.1, 0.15) is 31.2 Å². The summed E-state index contributed by atoms with van der Waals surface area (Å²) in [6, 6.07) is 2.96. The number of hydrogen-bond donors (Lipinski definition) is 1. The van der Waals surface area contributed by atoms with Crippen LogP contribution in [0.4, 0.5) is 0 Å². The molecule has 0 unspecified atom stereocenters. The Morgan fingerprint density at radius 2 is 1.76 bits per heavy atom. The van der Waals surface area contributed by atoms with Crippen molar-refractivity contribution in [2.45, 2.75) is 30.6 Å². The van der Waals surface area contributed by atoms with E-state index in [4.69, 9.17) is 14.6 Å². The van der Waals surface area contributed by atoms with Crippen LogP contribution < -0.4 is 9.47 Å². The van der Waals surface area contributed by atoms with Crippen LogP contribution in [-0.4, -0.2) is 51.1 Å². The van der Waals surface area contributed by atoms with Crippen LogP contribution in [0.15, 0.2) is 23.1 Å². The van der Waals surface area contributed by atoms with Gasteiger partial charge in [-0.25, -0.2) is 13.2 Å². The molecule has 1 aromatic rings. The number of ether oxygens (including phenoxy) is 2. The molecule has 1 fully saturated rings. The molecule has 0 bridgehead atoms. The van der Waals surface area contributed by atoms with Crippen LogP contribution in [0.5, 0.6) is 11.5 Å². The van der Waals surface area contributed by atoms with Gasteiger partial charge in [0.25, 0.3) is 0 Å². The molecule has 1 aliphatic rings. The van der Waals surface area contributed by atoms with E-state index in [1.165, 1.54) is 30.7 Å². The number of aliphatic carboxylic acids is 1. The summed E-state index contributed by atoms with van der Waals surface area (Å²) in [6.07, 6.45) is 5.92. The van der Waals surface area contributed by atoms with Crippen molar-refractivity contribution in [2.75, 3.05) is 27.3 Å². The Morgan fingerprint density at radius 3 is 2.28 bits per heavy atom. The van der Waals surface area contributed by atoms with Crippen molar-refractivity contribution in [3.8, 4) is 11.5 Å². The highest BCUT2D eigenvalue weighted by Gasteiger charge is 2.30. The van der Waals surface area contributed by atoms with Gasteiger partial charge in [0.15, 0.2) is 11.5 Å². The number of carbonyl (C=O) groups is 1. The van der Waals surface area contributed by atoms with E-state index in [0.29, 0.717) is 18.7 Å². The van der Waals surface area contributed by atoms with E-state index in [-0.39, 0.29) is 16.4 Å². The van der Waals surface area contributed by atoms with Crippen molar-refractivity contribution in [3.05, 3.63) is 23.8 Å². The lowest BCUT2D eigenvalue weighted by Gasteiger charge is -2.22. The Kier molecular flexibility index (Phi) is 6.44. The molecule has 138 valence electrons. The van der Waals surface area contributed by atoms with E-state index in [9.17, 15) is 13.2 Å². The van der Waals surface area contributed by atoms with E-state index in [2.05, 4.69) is 0 Å². The molecule has 1 N–H and O–H groups in total. The zero-order valence-electron chi connectivity index (χ0n) is 14.4. The van der Waals surface area contributed by atoms with Crippen LogP contribution >= 0.6 is 0 Å². The maximum Gasteiger partial charge on any atom is 0.328 e. The number of carboxylic acids is 1. The van der Waals surface area contributed by atoms with E-state index in [1.54, 1.807) is 6.07 Å². The Balaban J connectivity index is 2.56. The fraction of sp³-hybridized carbons (Fsp3) is 0.471. The second-order valence-corrected chi connectivity index (χ2v) is 7.65. The summed E-state index contributed by atoms with van der Waals surface area (Å²) in [5.74, 6) is -0.755. The maximum atomic E-state index is 13.1. The summed E-state index contributed by atoms with van der Waals surface area (Å²) < 4.78 is 38.2. The third-order valence-corrected chi connectivity index (χ3v) is 5.97. The molecular weight excluding hydrogens is 346 g/mol. The first-order valence-corrected chi connectivity index (χ1v) is 9.51. The fourth-order valence-corrected chi connectivity index (χ4v) is 4.55. The monoisotopic (exact) mass is 369 g/mol. The van der Waals surface area contributed by atoms with Gasteiger partial charge in [0.1, 0.15) is 4.90 Å². The van der Waals surface area contributed by atoms with E-state index < -0.39 is 16.0 Å². The number of hydrogen-bond acceptors (Lipinski definition) is 5. The van der Waals surface area contributed by atoms with Crippen LogP contribution in [-0.2, 0) is 14.8 Å². The van der Waals surface area contributed by atoms with Gasteiger partial charge in [0, 0.05) is 19.2 Å². The molecule has 0 aliphatic carbocycles.